The average molecular weight is 466 g/mol. The number of hydrazine groups is 2. The maximum atomic E-state index is 13.6. The van der Waals surface area contributed by atoms with Crippen LogP contribution < -0.4 is 16.3 Å². The van der Waals surface area contributed by atoms with Crippen LogP contribution in [0.2, 0.25) is 0 Å². The number of hydrogen-bond donors (Lipinski definition) is 3. The van der Waals surface area contributed by atoms with Gasteiger partial charge in [0.2, 0.25) is 5.91 Å². The van der Waals surface area contributed by atoms with Gasteiger partial charge in [-0.1, -0.05) is 6.92 Å². The number of halogens is 4. The number of aromatic nitrogens is 2. The summed E-state index contributed by atoms with van der Waals surface area (Å²) in [5.41, 5.74) is 5.83. The van der Waals surface area contributed by atoms with Crippen molar-refractivity contribution < 1.29 is 27.2 Å². The molecular weight excluding hydrogens is 444 g/mol. The molecule has 12 heteroatoms. The van der Waals surface area contributed by atoms with Gasteiger partial charge in [-0.3, -0.25) is 20.4 Å². The highest BCUT2D eigenvalue weighted by Crippen LogP contribution is 2.50. The summed E-state index contributed by atoms with van der Waals surface area (Å²) in [5.74, 6) is -1.62. The van der Waals surface area contributed by atoms with Crippen LogP contribution in [0.3, 0.4) is 0 Å². The van der Waals surface area contributed by atoms with Crippen LogP contribution in [0.5, 0.6) is 0 Å². The van der Waals surface area contributed by atoms with Crippen LogP contribution in [0.15, 0.2) is 30.6 Å². The molecule has 33 heavy (non-hydrogen) atoms. The zero-order valence-electron chi connectivity index (χ0n) is 17.8. The Morgan fingerprint density at radius 1 is 1.15 bits per heavy atom. The standard InChI is InChI=1S/C21H22F4N6O2/c1-11-5-15-8-20(7-11,19(33)29-28-12(2)32)31(15)30-14-3-4-17(21(23,24)25)16(6-14)18-26-9-13(22)10-27-18/h3-4,6,9-11,15,30H,5,7-8H2,1-2H3,(H,28,32)(H,29,33)/t11-,15-,20?/m1/s1. The molecule has 4 rings (SSSR count). The molecule has 1 aromatic carbocycles. The van der Waals surface area contributed by atoms with Crippen molar-refractivity contribution >= 4 is 17.5 Å². The summed E-state index contributed by atoms with van der Waals surface area (Å²) in [6.45, 7) is 3.29. The Balaban J connectivity index is 1.65. The second kappa shape index (κ2) is 8.25. The Morgan fingerprint density at radius 2 is 1.85 bits per heavy atom. The molecule has 1 saturated heterocycles. The van der Waals surface area contributed by atoms with Crippen LogP contribution in [0, 0.1) is 11.7 Å². The lowest BCUT2D eigenvalue weighted by molar-refractivity contribution is -0.163. The van der Waals surface area contributed by atoms with Crippen molar-refractivity contribution in [2.75, 3.05) is 5.43 Å². The summed E-state index contributed by atoms with van der Waals surface area (Å²) in [6.07, 6.45) is -1.22. The number of amides is 2. The van der Waals surface area contributed by atoms with Crippen LogP contribution in [0.1, 0.15) is 38.7 Å². The zero-order chi connectivity index (χ0) is 24.0. The number of carbonyl (C=O) groups is 2. The first-order valence-electron chi connectivity index (χ1n) is 10.3. The van der Waals surface area contributed by atoms with Crippen LogP contribution in [-0.2, 0) is 15.8 Å². The highest BCUT2D eigenvalue weighted by atomic mass is 19.4. The van der Waals surface area contributed by atoms with Crippen LogP contribution in [0.25, 0.3) is 11.4 Å². The normalized spacial score (nSPS) is 24.5. The fraction of sp³-hybridized carbons (Fsp3) is 0.429. The number of nitrogens with one attached hydrogen (secondary N) is 3. The molecule has 2 amide bonds. The molecule has 1 saturated carbocycles. The van der Waals surface area contributed by atoms with E-state index in [2.05, 4.69) is 26.2 Å². The Bertz CT molecular complexity index is 1080. The highest BCUT2D eigenvalue weighted by Gasteiger charge is 2.61. The quantitative estimate of drug-likeness (QED) is 0.473. The largest absolute Gasteiger partial charge is 0.417 e. The number of carbonyl (C=O) groups excluding carboxylic acids is 2. The monoisotopic (exact) mass is 466 g/mol. The first kappa shape index (κ1) is 22.9. The summed E-state index contributed by atoms with van der Waals surface area (Å²) in [4.78, 5) is 31.5. The lowest BCUT2D eigenvalue weighted by atomic mass is 9.65. The third-order valence-corrected chi connectivity index (χ3v) is 5.97. The Hall–Kier alpha value is -3.28. The minimum atomic E-state index is -4.67. The predicted molar refractivity (Wildman–Crippen MR) is 109 cm³/mol. The van der Waals surface area contributed by atoms with Gasteiger partial charge < -0.3 is 5.43 Å². The van der Waals surface area contributed by atoms with Crippen molar-refractivity contribution in [3.05, 3.63) is 42.0 Å². The summed E-state index contributed by atoms with van der Waals surface area (Å²) in [6, 6.07) is 3.37. The number of alkyl halides is 3. The average Bonchev–Trinajstić information content (AvgIpc) is 2.75. The highest BCUT2D eigenvalue weighted by molar-refractivity contribution is 5.90. The minimum absolute atomic E-state index is 0.00959. The molecule has 1 aromatic heterocycles. The Labute approximate surface area is 186 Å². The van der Waals surface area contributed by atoms with E-state index in [9.17, 15) is 27.2 Å². The van der Waals surface area contributed by atoms with Crippen molar-refractivity contribution in [1.29, 1.82) is 0 Å². The summed E-state index contributed by atoms with van der Waals surface area (Å²) in [5, 5.41) is 1.72. The zero-order valence-corrected chi connectivity index (χ0v) is 17.8. The van der Waals surface area contributed by atoms with E-state index in [1.165, 1.54) is 19.1 Å². The van der Waals surface area contributed by atoms with Gasteiger partial charge in [-0.15, -0.1) is 0 Å². The smallest absolute Gasteiger partial charge is 0.318 e. The van der Waals surface area contributed by atoms with E-state index in [0.717, 1.165) is 24.9 Å². The maximum absolute atomic E-state index is 13.6. The topological polar surface area (TPSA) is 99.2 Å². The van der Waals surface area contributed by atoms with Gasteiger partial charge in [0.25, 0.3) is 5.91 Å². The number of benzene rings is 1. The van der Waals surface area contributed by atoms with E-state index in [-0.39, 0.29) is 23.3 Å². The lowest BCUT2D eigenvalue weighted by Crippen LogP contribution is -2.77. The summed E-state index contributed by atoms with van der Waals surface area (Å²) < 4.78 is 54.0. The van der Waals surface area contributed by atoms with Crippen molar-refractivity contribution in [3.8, 4) is 11.4 Å². The first-order valence-corrected chi connectivity index (χ1v) is 10.3. The molecular formula is C21H22F4N6O2. The van der Waals surface area contributed by atoms with E-state index >= 15 is 0 Å². The summed E-state index contributed by atoms with van der Waals surface area (Å²) >= 11 is 0. The SMILES string of the molecule is CC(=O)NNC(=O)C12C[C@H](C)C[C@H](C1)N2Nc1ccc(C(F)(F)F)c(-c2ncc(F)cn2)c1. The number of anilines is 1. The predicted octanol–water partition coefficient (Wildman–Crippen LogP) is 3.04. The van der Waals surface area contributed by atoms with Gasteiger partial charge in [0.15, 0.2) is 11.6 Å². The number of rotatable bonds is 4. The Morgan fingerprint density at radius 3 is 2.48 bits per heavy atom. The third kappa shape index (κ3) is 4.34. The van der Waals surface area contributed by atoms with E-state index < -0.39 is 34.9 Å². The molecule has 176 valence electrons. The molecule has 3 N–H and O–H groups in total. The fourth-order valence-electron chi connectivity index (χ4n) is 4.70. The third-order valence-electron chi connectivity index (χ3n) is 5.97. The molecule has 2 fully saturated rings. The molecule has 0 spiro atoms. The number of nitrogens with zero attached hydrogens (tertiary/aromatic N) is 3. The summed E-state index contributed by atoms with van der Waals surface area (Å²) in [7, 11) is 0. The molecule has 1 aliphatic heterocycles. The van der Waals surface area contributed by atoms with Gasteiger partial charge in [-0.25, -0.2) is 19.4 Å². The second-order valence-electron chi connectivity index (χ2n) is 8.53. The van der Waals surface area contributed by atoms with E-state index in [4.69, 9.17) is 0 Å². The van der Waals surface area contributed by atoms with E-state index in [1.807, 2.05) is 6.92 Å². The van der Waals surface area contributed by atoms with Crippen molar-refractivity contribution in [2.24, 2.45) is 5.92 Å². The first-order chi connectivity index (χ1) is 15.5. The van der Waals surface area contributed by atoms with Crippen LogP contribution in [-0.4, -0.2) is 38.4 Å². The molecule has 1 aliphatic carbocycles. The second-order valence-corrected chi connectivity index (χ2v) is 8.53. The van der Waals surface area contributed by atoms with Crippen molar-refractivity contribution in [2.45, 2.75) is 50.9 Å². The van der Waals surface area contributed by atoms with E-state index in [1.54, 1.807) is 5.01 Å². The van der Waals surface area contributed by atoms with Gasteiger partial charge in [0, 0.05) is 24.2 Å². The van der Waals surface area contributed by atoms with Gasteiger partial charge in [-0.05, 0) is 43.4 Å². The van der Waals surface area contributed by atoms with Gasteiger partial charge >= 0.3 is 6.18 Å². The Kier molecular flexibility index (Phi) is 5.72. The molecule has 2 aromatic rings. The molecule has 2 aliphatic rings. The number of hydrogen-bond acceptors (Lipinski definition) is 6. The molecule has 8 nitrogen and oxygen atoms in total. The van der Waals surface area contributed by atoms with Gasteiger partial charge in [-0.2, -0.15) is 13.2 Å². The van der Waals surface area contributed by atoms with Crippen molar-refractivity contribution in [3.63, 3.8) is 0 Å². The molecule has 0 radical (unpaired) electrons. The lowest BCUT2D eigenvalue weighted by Gasteiger charge is -2.61. The van der Waals surface area contributed by atoms with Crippen LogP contribution in [0.4, 0.5) is 23.2 Å². The molecule has 2 heterocycles. The fourth-order valence-corrected chi connectivity index (χ4v) is 4.70. The molecule has 2 bridgehead atoms. The number of piperidine rings is 1. The maximum Gasteiger partial charge on any atom is 0.417 e. The van der Waals surface area contributed by atoms with E-state index in [0.29, 0.717) is 18.5 Å². The van der Waals surface area contributed by atoms with Gasteiger partial charge in [0.1, 0.15) is 5.54 Å². The van der Waals surface area contributed by atoms with Crippen molar-refractivity contribution in [1.82, 2.24) is 25.8 Å². The number of fused-ring (bicyclic) bond motifs is 2. The van der Waals surface area contributed by atoms with Crippen LogP contribution >= 0.6 is 0 Å². The van der Waals surface area contributed by atoms with Gasteiger partial charge in [0.05, 0.1) is 18.0 Å². The molecule has 1 unspecified atom stereocenters. The molecule has 3 atom stereocenters. The minimum Gasteiger partial charge on any atom is -0.318 e.